The summed E-state index contributed by atoms with van der Waals surface area (Å²) in [7, 11) is 0. The summed E-state index contributed by atoms with van der Waals surface area (Å²) >= 11 is 0. The Bertz CT molecular complexity index is 978. The molecule has 2 bridgehead atoms. The highest BCUT2D eigenvalue weighted by Crippen LogP contribution is 2.35. The minimum absolute atomic E-state index is 0.0383. The van der Waals surface area contributed by atoms with Crippen molar-refractivity contribution < 1.29 is 14.3 Å². The van der Waals surface area contributed by atoms with E-state index >= 15 is 0 Å². The molecular formula is C26H31N3O3. The fourth-order valence-electron chi connectivity index (χ4n) is 5.64. The van der Waals surface area contributed by atoms with Crippen molar-refractivity contribution in [3.8, 4) is 16.9 Å². The van der Waals surface area contributed by atoms with Gasteiger partial charge in [0.2, 0.25) is 0 Å². The van der Waals surface area contributed by atoms with E-state index in [4.69, 9.17) is 9.47 Å². The molecule has 5 aliphatic rings. The van der Waals surface area contributed by atoms with Crippen LogP contribution in [-0.4, -0.2) is 68.9 Å². The third-order valence-electron chi connectivity index (χ3n) is 7.59. The smallest absolute Gasteiger partial charge is 0.261 e. The molecule has 168 valence electrons. The number of fused-ring (bicyclic) bond motifs is 4. The van der Waals surface area contributed by atoms with Gasteiger partial charge in [-0.25, -0.2) is 0 Å². The molecular weight excluding hydrogens is 402 g/mol. The number of carbonyl (C=O) groups excluding carboxylic acids is 1. The SMILES string of the molecule is O=C(N[C@H]1CN2CCC1CC2)C1Cc2ccc(-c3ccc(N4CCOCC4)cc3)cc2O1. The minimum Gasteiger partial charge on any atom is -0.480 e. The number of nitrogens with one attached hydrogen (secondary N) is 1. The van der Waals surface area contributed by atoms with Gasteiger partial charge in [-0.3, -0.25) is 4.79 Å². The summed E-state index contributed by atoms with van der Waals surface area (Å²) in [5.74, 6) is 1.50. The fraction of sp³-hybridized carbons (Fsp3) is 0.500. The lowest BCUT2D eigenvalue weighted by molar-refractivity contribution is -0.129. The molecule has 4 fully saturated rings. The monoisotopic (exact) mass is 433 g/mol. The number of rotatable bonds is 4. The summed E-state index contributed by atoms with van der Waals surface area (Å²) in [5.41, 5.74) is 4.64. The number of piperidine rings is 3. The van der Waals surface area contributed by atoms with E-state index in [9.17, 15) is 4.79 Å². The van der Waals surface area contributed by atoms with E-state index in [1.54, 1.807) is 0 Å². The molecule has 32 heavy (non-hydrogen) atoms. The number of hydrogen-bond donors (Lipinski definition) is 1. The van der Waals surface area contributed by atoms with Gasteiger partial charge in [-0.05, 0) is 66.7 Å². The summed E-state index contributed by atoms with van der Waals surface area (Å²) < 4.78 is 11.6. The van der Waals surface area contributed by atoms with Crippen LogP contribution in [0.1, 0.15) is 18.4 Å². The van der Waals surface area contributed by atoms with E-state index in [1.165, 1.54) is 31.6 Å². The summed E-state index contributed by atoms with van der Waals surface area (Å²) in [4.78, 5) is 17.8. The Morgan fingerprint density at radius 2 is 1.69 bits per heavy atom. The molecule has 2 atom stereocenters. The third-order valence-corrected chi connectivity index (χ3v) is 7.59. The summed E-state index contributed by atoms with van der Waals surface area (Å²) in [6.45, 7) is 6.80. The van der Waals surface area contributed by atoms with E-state index < -0.39 is 6.10 Å². The van der Waals surface area contributed by atoms with Crippen LogP contribution >= 0.6 is 0 Å². The Hall–Kier alpha value is -2.57. The second-order valence-electron chi connectivity index (χ2n) is 9.53. The van der Waals surface area contributed by atoms with Crippen molar-refractivity contribution in [3.63, 3.8) is 0 Å². The van der Waals surface area contributed by atoms with Crippen molar-refractivity contribution in [3.05, 3.63) is 48.0 Å². The Labute approximate surface area is 189 Å². The van der Waals surface area contributed by atoms with Crippen molar-refractivity contribution in [1.29, 1.82) is 0 Å². The van der Waals surface area contributed by atoms with Crippen molar-refractivity contribution in [1.82, 2.24) is 10.2 Å². The minimum atomic E-state index is -0.417. The molecule has 0 radical (unpaired) electrons. The molecule has 1 amide bonds. The topological polar surface area (TPSA) is 54.0 Å². The predicted molar refractivity (Wildman–Crippen MR) is 124 cm³/mol. The van der Waals surface area contributed by atoms with E-state index in [-0.39, 0.29) is 11.9 Å². The molecule has 0 saturated carbocycles. The molecule has 1 unspecified atom stereocenters. The third kappa shape index (κ3) is 3.86. The van der Waals surface area contributed by atoms with Crippen LogP contribution in [0.2, 0.25) is 0 Å². The highest BCUT2D eigenvalue weighted by atomic mass is 16.5. The van der Waals surface area contributed by atoms with Gasteiger partial charge in [0.25, 0.3) is 5.91 Å². The number of amides is 1. The Morgan fingerprint density at radius 3 is 2.41 bits per heavy atom. The van der Waals surface area contributed by atoms with E-state index in [2.05, 4.69) is 57.6 Å². The van der Waals surface area contributed by atoms with Crippen LogP contribution in [0.25, 0.3) is 11.1 Å². The van der Waals surface area contributed by atoms with Gasteiger partial charge in [0.05, 0.1) is 13.2 Å². The second-order valence-corrected chi connectivity index (χ2v) is 9.53. The quantitative estimate of drug-likeness (QED) is 0.804. The molecule has 1 N–H and O–H groups in total. The Morgan fingerprint density at radius 1 is 0.938 bits per heavy atom. The predicted octanol–water partition coefficient (Wildman–Crippen LogP) is 2.70. The van der Waals surface area contributed by atoms with Crippen molar-refractivity contribution >= 4 is 11.6 Å². The summed E-state index contributed by atoms with van der Waals surface area (Å²) in [5, 5.41) is 3.29. The zero-order valence-electron chi connectivity index (χ0n) is 18.5. The zero-order valence-corrected chi connectivity index (χ0v) is 18.5. The summed E-state index contributed by atoms with van der Waals surface area (Å²) in [6.07, 6.45) is 2.63. The molecule has 5 aliphatic heterocycles. The zero-order chi connectivity index (χ0) is 21.5. The molecule has 4 saturated heterocycles. The van der Waals surface area contributed by atoms with Crippen molar-refractivity contribution in [2.45, 2.75) is 31.4 Å². The highest BCUT2D eigenvalue weighted by molar-refractivity contribution is 5.83. The van der Waals surface area contributed by atoms with Gasteiger partial charge in [0.15, 0.2) is 6.10 Å². The number of carbonyl (C=O) groups is 1. The average molecular weight is 434 g/mol. The highest BCUT2D eigenvalue weighted by Gasteiger charge is 2.37. The van der Waals surface area contributed by atoms with E-state index in [0.29, 0.717) is 12.3 Å². The van der Waals surface area contributed by atoms with Gasteiger partial charge in [0, 0.05) is 37.8 Å². The molecule has 2 aromatic carbocycles. The normalized spacial score (nSPS) is 28.8. The lowest BCUT2D eigenvalue weighted by Crippen LogP contribution is -2.58. The van der Waals surface area contributed by atoms with Crippen LogP contribution in [0.5, 0.6) is 5.75 Å². The molecule has 0 aromatic heterocycles. The molecule has 2 aromatic rings. The first kappa shape index (κ1) is 20.1. The van der Waals surface area contributed by atoms with Gasteiger partial charge in [-0.2, -0.15) is 0 Å². The number of morpholine rings is 1. The van der Waals surface area contributed by atoms with Gasteiger partial charge in [0.1, 0.15) is 5.75 Å². The molecule has 0 spiro atoms. The number of nitrogens with zero attached hydrogens (tertiary/aromatic N) is 2. The van der Waals surface area contributed by atoms with E-state index in [1.807, 2.05) is 0 Å². The van der Waals surface area contributed by atoms with Gasteiger partial charge in [-0.15, -0.1) is 0 Å². The second kappa shape index (κ2) is 8.41. The molecule has 7 rings (SSSR count). The molecule has 5 heterocycles. The lowest BCUT2D eigenvalue weighted by atomic mass is 9.84. The number of anilines is 1. The molecule has 0 aliphatic carbocycles. The van der Waals surface area contributed by atoms with Crippen LogP contribution in [0, 0.1) is 5.92 Å². The van der Waals surface area contributed by atoms with Crippen molar-refractivity contribution in [2.24, 2.45) is 5.92 Å². The van der Waals surface area contributed by atoms with Crippen LogP contribution < -0.4 is 15.0 Å². The number of hydrogen-bond acceptors (Lipinski definition) is 5. The maximum absolute atomic E-state index is 12.9. The number of ether oxygens (including phenoxy) is 2. The van der Waals surface area contributed by atoms with Gasteiger partial charge >= 0.3 is 0 Å². The first-order chi connectivity index (χ1) is 15.7. The number of benzene rings is 2. The molecule has 6 nitrogen and oxygen atoms in total. The summed E-state index contributed by atoms with van der Waals surface area (Å²) in [6, 6.07) is 15.3. The Balaban J connectivity index is 1.11. The van der Waals surface area contributed by atoms with E-state index in [0.717, 1.165) is 55.3 Å². The van der Waals surface area contributed by atoms with Crippen molar-refractivity contribution in [2.75, 3.05) is 50.8 Å². The van der Waals surface area contributed by atoms with Gasteiger partial charge in [-0.1, -0.05) is 24.3 Å². The van der Waals surface area contributed by atoms with Crippen LogP contribution in [0.15, 0.2) is 42.5 Å². The van der Waals surface area contributed by atoms with Crippen LogP contribution in [0.4, 0.5) is 5.69 Å². The molecule has 6 heteroatoms. The maximum atomic E-state index is 12.9. The average Bonchev–Trinajstić information content (AvgIpc) is 3.29. The standard InChI is InChI=1S/C26H31N3O3/c30-26(27-23-17-28-9-7-19(23)8-10-28)25-16-21-2-1-20(15-24(21)32-25)18-3-5-22(6-4-18)29-11-13-31-14-12-29/h1-6,15,19,23,25H,7-14,16-17H2,(H,27,30)/t23-,25?/m0/s1. The Kier molecular flexibility index (Phi) is 5.27. The lowest BCUT2D eigenvalue weighted by Gasteiger charge is -2.45. The van der Waals surface area contributed by atoms with Crippen LogP contribution in [-0.2, 0) is 16.0 Å². The maximum Gasteiger partial charge on any atom is 0.261 e. The first-order valence-electron chi connectivity index (χ1n) is 12.0. The van der Waals surface area contributed by atoms with Gasteiger partial charge < -0.3 is 24.6 Å². The fourth-order valence-corrected chi connectivity index (χ4v) is 5.64. The first-order valence-corrected chi connectivity index (χ1v) is 12.0. The largest absolute Gasteiger partial charge is 0.480 e. The van der Waals surface area contributed by atoms with Crippen LogP contribution in [0.3, 0.4) is 0 Å².